The summed E-state index contributed by atoms with van der Waals surface area (Å²) in [5.74, 6) is -0.0382. The molecule has 0 heterocycles. The van der Waals surface area contributed by atoms with Crippen molar-refractivity contribution in [3.63, 3.8) is 0 Å². The molecule has 0 aromatic heterocycles. The van der Waals surface area contributed by atoms with Crippen LogP contribution < -0.4 is 5.32 Å². The van der Waals surface area contributed by atoms with Crippen LogP contribution in [0, 0.1) is 3.57 Å². The van der Waals surface area contributed by atoms with Gasteiger partial charge in [0.1, 0.15) is 0 Å². The van der Waals surface area contributed by atoms with Crippen molar-refractivity contribution in [2.75, 3.05) is 0 Å². The average Bonchev–Trinajstić information content (AvgIpc) is 2.47. The van der Waals surface area contributed by atoms with Gasteiger partial charge in [-0.25, -0.2) is 0 Å². The smallest absolute Gasteiger partial charge is 0.251 e. The van der Waals surface area contributed by atoms with Gasteiger partial charge in [-0.05, 0) is 70.3 Å². The van der Waals surface area contributed by atoms with Gasteiger partial charge in [-0.2, -0.15) is 0 Å². The number of hydrogen-bond acceptors (Lipinski definition) is 1. The maximum Gasteiger partial charge on any atom is 0.251 e. The van der Waals surface area contributed by atoms with Gasteiger partial charge in [-0.1, -0.05) is 45.0 Å². The van der Waals surface area contributed by atoms with Gasteiger partial charge in [0.05, 0.1) is 6.04 Å². The summed E-state index contributed by atoms with van der Waals surface area (Å²) in [5, 5.41) is 3.05. The molecular formula is C19H22INO. The second-order valence-corrected chi connectivity index (χ2v) is 7.82. The zero-order chi connectivity index (χ0) is 16.3. The fraction of sp³-hybridized carbons (Fsp3) is 0.316. The summed E-state index contributed by atoms with van der Waals surface area (Å²) in [4.78, 5) is 12.3. The van der Waals surface area contributed by atoms with E-state index in [1.54, 1.807) is 0 Å². The second kappa shape index (κ2) is 6.82. The highest BCUT2D eigenvalue weighted by atomic mass is 127. The summed E-state index contributed by atoms with van der Waals surface area (Å²) >= 11 is 2.23. The fourth-order valence-corrected chi connectivity index (χ4v) is 2.60. The van der Waals surface area contributed by atoms with E-state index in [0.717, 1.165) is 9.13 Å². The van der Waals surface area contributed by atoms with Gasteiger partial charge < -0.3 is 5.32 Å². The molecule has 3 heteroatoms. The van der Waals surface area contributed by atoms with Crippen molar-refractivity contribution < 1.29 is 4.79 Å². The lowest BCUT2D eigenvalue weighted by molar-refractivity contribution is 0.0940. The third kappa shape index (κ3) is 4.32. The van der Waals surface area contributed by atoms with Crippen LogP contribution in [-0.4, -0.2) is 5.91 Å². The quantitative estimate of drug-likeness (QED) is 0.707. The fourth-order valence-electron chi connectivity index (χ4n) is 2.24. The van der Waals surface area contributed by atoms with E-state index in [4.69, 9.17) is 0 Å². The highest BCUT2D eigenvalue weighted by molar-refractivity contribution is 14.1. The number of benzene rings is 2. The van der Waals surface area contributed by atoms with Gasteiger partial charge in [0.2, 0.25) is 0 Å². The minimum Gasteiger partial charge on any atom is -0.346 e. The van der Waals surface area contributed by atoms with Crippen LogP contribution in [0.1, 0.15) is 55.2 Å². The molecule has 0 aliphatic heterocycles. The zero-order valence-corrected chi connectivity index (χ0v) is 15.6. The van der Waals surface area contributed by atoms with E-state index in [-0.39, 0.29) is 17.4 Å². The van der Waals surface area contributed by atoms with E-state index >= 15 is 0 Å². The predicted octanol–water partition coefficient (Wildman–Crippen LogP) is 5.08. The molecule has 0 unspecified atom stereocenters. The predicted molar refractivity (Wildman–Crippen MR) is 100 cm³/mol. The van der Waals surface area contributed by atoms with Gasteiger partial charge in [0.15, 0.2) is 0 Å². The van der Waals surface area contributed by atoms with E-state index in [1.807, 2.05) is 31.2 Å². The highest BCUT2D eigenvalue weighted by Gasteiger charge is 2.15. The van der Waals surface area contributed by atoms with E-state index < -0.39 is 0 Å². The normalized spacial score (nSPS) is 12.8. The van der Waals surface area contributed by atoms with Crippen LogP contribution in [0.3, 0.4) is 0 Å². The lowest BCUT2D eigenvalue weighted by atomic mass is 9.86. The molecule has 0 saturated carbocycles. The van der Waals surface area contributed by atoms with E-state index in [9.17, 15) is 4.79 Å². The average molecular weight is 407 g/mol. The number of halogens is 1. The van der Waals surface area contributed by atoms with Gasteiger partial charge in [0, 0.05) is 9.13 Å². The molecule has 0 saturated heterocycles. The Hall–Kier alpha value is -1.36. The van der Waals surface area contributed by atoms with Crippen LogP contribution in [0.5, 0.6) is 0 Å². The molecule has 1 amide bonds. The lowest BCUT2D eigenvalue weighted by Gasteiger charge is -2.20. The monoisotopic (exact) mass is 407 g/mol. The third-order valence-electron chi connectivity index (χ3n) is 3.73. The second-order valence-electron chi connectivity index (χ2n) is 6.57. The molecule has 1 N–H and O–H groups in total. The van der Waals surface area contributed by atoms with Crippen molar-refractivity contribution >= 4 is 28.5 Å². The van der Waals surface area contributed by atoms with Crippen LogP contribution in [0.25, 0.3) is 0 Å². The molecule has 2 aromatic carbocycles. The number of rotatable bonds is 3. The Morgan fingerprint density at radius 3 is 2.05 bits per heavy atom. The largest absolute Gasteiger partial charge is 0.346 e. The molecule has 0 bridgehead atoms. The molecular weight excluding hydrogens is 385 g/mol. The first kappa shape index (κ1) is 17.0. The van der Waals surface area contributed by atoms with Crippen LogP contribution in [0.2, 0.25) is 0 Å². The number of carbonyl (C=O) groups is 1. The van der Waals surface area contributed by atoms with Crippen molar-refractivity contribution in [1.82, 2.24) is 5.32 Å². The molecule has 116 valence electrons. The highest BCUT2D eigenvalue weighted by Crippen LogP contribution is 2.24. The lowest BCUT2D eigenvalue weighted by Crippen LogP contribution is -2.26. The Bertz CT molecular complexity index is 639. The molecule has 2 aromatic rings. The maximum atomic E-state index is 12.3. The van der Waals surface area contributed by atoms with E-state index in [1.165, 1.54) is 5.56 Å². The first-order valence-electron chi connectivity index (χ1n) is 7.44. The standard InChI is InChI=1S/C19H22INO/c1-13(14-5-9-16(10-6-14)19(2,3)4)21-18(22)15-7-11-17(20)12-8-15/h5-13H,1-4H3,(H,21,22)/t13-/m1/s1. The molecule has 0 aliphatic carbocycles. The number of carbonyl (C=O) groups excluding carboxylic acids is 1. The van der Waals surface area contributed by atoms with Crippen molar-refractivity contribution in [2.24, 2.45) is 0 Å². The van der Waals surface area contributed by atoms with Crippen molar-refractivity contribution in [3.8, 4) is 0 Å². The molecule has 2 nitrogen and oxygen atoms in total. The summed E-state index contributed by atoms with van der Waals surface area (Å²) in [6.07, 6.45) is 0. The number of hydrogen-bond donors (Lipinski definition) is 1. The first-order valence-corrected chi connectivity index (χ1v) is 8.52. The molecule has 0 radical (unpaired) electrons. The van der Waals surface area contributed by atoms with Gasteiger partial charge in [-0.15, -0.1) is 0 Å². The molecule has 1 atom stereocenters. The van der Waals surface area contributed by atoms with E-state index in [2.05, 4.69) is 72.9 Å². The zero-order valence-electron chi connectivity index (χ0n) is 13.5. The minimum absolute atomic E-state index is 0.0132. The maximum absolute atomic E-state index is 12.3. The van der Waals surface area contributed by atoms with Gasteiger partial charge in [-0.3, -0.25) is 4.79 Å². The Labute approximate surface area is 146 Å². The molecule has 0 aliphatic rings. The Kier molecular flexibility index (Phi) is 5.27. The Morgan fingerprint density at radius 1 is 1.00 bits per heavy atom. The van der Waals surface area contributed by atoms with Crippen molar-refractivity contribution in [3.05, 3.63) is 68.8 Å². The van der Waals surface area contributed by atoms with Gasteiger partial charge in [0.25, 0.3) is 5.91 Å². The Morgan fingerprint density at radius 2 is 1.55 bits per heavy atom. The van der Waals surface area contributed by atoms with Crippen LogP contribution in [-0.2, 0) is 5.41 Å². The minimum atomic E-state index is -0.0382. The summed E-state index contributed by atoms with van der Waals surface area (Å²) in [5.41, 5.74) is 3.25. The van der Waals surface area contributed by atoms with Crippen molar-refractivity contribution in [2.45, 2.75) is 39.2 Å². The number of amides is 1. The van der Waals surface area contributed by atoms with Crippen molar-refractivity contribution in [1.29, 1.82) is 0 Å². The molecule has 0 fully saturated rings. The van der Waals surface area contributed by atoms with Crippen LogP contribution in [0.15, 0.2) is 48.5 Å². The Balaban J connectivity index is 2.07. The number of nitrogens with one attached hydrogen (secondary N) is 1. The third-order valence-corrected chi connectivity index (χ3v) is 4.45. The summed E-state index contributed by atoms with van der Waals surface area (Å²) < 4.78 is 1.12. The summed E-state index contributed by atoms with van der Waals surface area (Å²) in [6.45, 7) is 8.61. The van der Waals surface area contributed by atoms with Crippen LogP contribution in [0.4, 0.5) is 0 Å². The van der Waals surface area contributed by atoms with E-state index in [0.29, 0.717) is 5.56 Å². The summed E-state index contributed by atoms with van der Waals surface area (Å²) in [7, 11) is 0. The van der Waals surface area contributed by atoms with Gasteiger partial charge >= 0.3 is 0 Å². The molecule has 0 spiro atoms. The molecule has 2 rings (SSSR count). The SMILES string of the molecule is C[C@@H](NC(=O)c1ccc(I)cc1)c1ccc(C(C)(C)C)cc1. The first-order chi connectivity index (χ1) is 10.3. The summed E-state index contributed by atoms with van der Waals surface area (Å²) in [6, 6.07) is 16.1. The van der Waals surface area contributed by atoms with Crippen LogP contribution >= 0.6 is 22.6 Å². The topological polar surface area (TPSA) is 29.1 Å². The molecule has 22 heavy (non-hydrogen) atoms.